The van der Waals surface area contributed by atoms with Gasteiger partial charge in [-0.3, -0.25) is 0 Å². The Balaban J connectivity index is 1.59. The Morgan fingerprint density at radius 2 is 2.12 bits per heavy atom. The molecule has 0 bridgehead atoms. The predicted molar refractivity (Wildman–Crippen MR) is 106 cm³/mol. The highest BCUT2D eigenvalue weighted by atomic mass is 16.4. The Morgan fingerprint density at radius 1 is 1.31 bits per heavy atom. The number of guanidine groups is 1. The molecule has 26 heavy (non-hydrogen) atoms. The lowest BCUT2D eigenvalue weighted by Crippen LogP contribution is -2.45. The summed E-state index contributed by atoms with van der Waals surface area (Å²) in [5.41, 5.74) is 3.72. The standard InChI is InChI=1S/C20H29N5O/c1-5-21-20(23-13-19-24-15(3)16(4)26-19)22-12-14(2)25-11-10-17-8-6-7-9-18(17)25/h6-9,14H,5,10-13H2,1-4H3,(H2,21,22,23). The van der Waals surface area contributed by atoms with Crippen molar-refractivity contribution in [3.8, 4) is 0 Å². The number of aliphatic imine (C=N–C) groups is 1. The molecule has 0 fully saturated rings. The number of anilines is 1. The van der Waals surface area contributed by atoms with E-state index in [-0.39, 0.29) is 0 Å². The second-order valence-electron chi connectivity index (χ2n) is 6.75. The van der Waals surface area contributed by atoms with Gasteiger partial charge in [0.15, 0.2) is 5.96 Å². The van der Waals surface area contributed by atoms with Crippen molar-refractivity contribution in [2.24, 2.45) is 4.99 Å². The van der Waals surface area contributed by atoms with Crippen molar-refractivity contribution in [3.05, 3.63) is 47.2 Å². The molecule has 0 aliphatic carbocycles. The van der Waals surface area contributed by atoms with Gasteiger partial charge in [-0.2, -0.15) is 0 Å². The lowest BCUT2D eigenvalue weighted by Gasteiger charge is -2.28. The summed E-state index contributed by atoms with van der Waals surface area (Å²) in [6, 6.07) is 9.05. The predicted octanol–water partition coefficient (Wildman–Crippen LogP) is 2.80. The molecule has 0 spiro atoms. The first-order valence-corrected chi connectivity index (χ1v) is 9.38. The normalized spacial score (nSPS) is 15.1. The second-order valence-corrected chi connectivity index (χ2v) is 6.75. The molecule has 0 saturated heterocycles. The summed E-state index contributed by atoms with van der Waals surface area (Å²) in [5, 5.41) is 6.74. The van der Waals surface area contributed by atoms with Gasteiger partial charge in [-0.25, -0.2) is 9.98 Å². The van der Waals surface area contributed by atoms with Gasteiger partial charge in [-0.1, -0.05) is 18.2 Å². The molecule has 1 aromatic heterocycles. The van der Waals surface area contributed by atoms with Crippen LogP contribution in [0.2, 0.25) is 0 Å². The highest BCUT2D eigenvalue weighted by molar-refractivity contribution is 5.79. The van der Waals surface area contributed by atoms with Gasteiger partial charge >= 0.3 is 0 Å². The number of fused-ring (bicyclic) bond motifs is 1. The van der Waals surface area contributed by atoms with E-state index in [1.807, 2.05) is 13.8 Å². The van der Waals surface area contributed by atoms with Crippen LogP contribution in [0.1, 0.15) is 36.8 Å². The van der Waals surface area contributed by atoms with E-state index in [0.29, 0.717) is 18.5 Å². The monoisotopic (exact) mass is 355 g/mol. The van der Waals surface area contributed by atoms with Gasteiger partial charge in [0, 0.05) is 31.4 Å². The number of rotatable bonds is 6. The van der Waals surface area contributed by atoms with Crippen LogP contribution in [0, 0.1) is 13.8 Å². The van der Waals surface area contributed by atoms with E-state index in [1.165, 1.54) is 11.3 Å². The molecule has 1 atom stereocenters. The zero-order chi connectivity index (χ0) is 18.5. The van der Waals surface area contributed by atoms with E-state index in [9.17, 15) is 0 Å². The molecule has 2 heterocycles. The number of nitrogens with one attached hydrogen (secondary N) is 2. The lowest BCUT2D eigenvalue weighted by atomic mass is 10.2. The first-order valence-electron chi connectivity index (χ1n) is 9.38. The van der Waals surface area contributed by atoms with E-state index in [0.717, 1.165) is 43.5 Å². The quantitative estimate of drug-likeness (QED) is 0.616. The number of nitrogens with zero attached hydrogens (tertiary/aromatic N) is 3. The molecule has 3 rings (SSSR count). The second kappa shape index (κ2) is 8.25. The molecule has 1 aromatic carbocycles. The van der Waals surface area contributed by atoms with Crippen molar-refractivity contribution in [1.82, 2.24) is 15.6 Å². The van der Waals surface area contributed by atoms with Crippen molar-refractivity contribution < 1.29 is 4.42 Å². The van der Waals surface area contributed by atoms with E-state index in [1.54, 1.807) is 0 Å². The van der Waals surface area contributed by atoms with Crippen LogP contribution in [-0.2, 0) is 13.0 Å². The molecule has 1 unspecified atom stereocenters. The van der Waals surface area contributed by atoms with Gasteiger partial charge in [-0.15, -0.1) is 0 Å². The molecular formula is C20H29N5O. The summed E-state index contributed by atoms with van der Waals surface area (Å²) < 4.78 is 5.61. The number of oxazole rings is 1. The van der Waals surface area contributed by atoms with Crippen molar-refractivity contribution in [3.63, 3.8) is 0 Å². The summed E-state index contributed by atoms with van der Waals surface area (Å²) >= 11 is 0. The fourth-order valence-corrected chi connectivity index (χ4v) is 3.27. The number of aromatic nitrogens is 1. The highest BCUT2D eigenvalue weighted by Crippen LogP contribution is 2.28. The van der Waals surface area contributed by atoms with Gasteiger partial charge in [0.2, 0.25) is 5.89 Å². The summed E-state index contributed by atoms with van der Waals surface area (Å²) in [5.74, 6) is 2.30. The third kappa shape index (κ3) is 4.18. The third-order valence-corrected chi connectivity index (χ3v) is 4.81. The topological polar surface area (TPSA) is 65.7 Å². The first kappa shape index (κ1) is 18.3. The van der Waals surface area contributed by atoms with Gasteiger partial charge in [-0.05, 0) is 45.7 Å². The highest BCUT2D eigenvalue weighted by Gasteiger charge is 2.22. The Hall–Kier alpha value is -2.50. The van der Waals surface area contributed by atoms with E-state index in [2.05, 4.69) is 63.6 Å². The Kier molecular flexibility index (Phi) is 5.81. The zero-order valence-corrected chi connectivity index (χ0v) is 16.2. The van der Waals surface area contributed by atoms with Crippen LogP contribution in [-0.4, -0.2) is 36.6 Å². The molecule has 0 radical (unpaired) electrons. The molecule has 0 saturated carbocycles. The van der Waals surface area contributed by atoms with Crippen molar-refractivity contribution in [2.45, 2.75) is 46.7 Å². The van der Waals surface area contributed by atoms with Crippen LogP contribution in [0.3, 0.4) is 0 Å². The van der Waals surface area contributed by atoms with Gasteiger partial charge in [0.05, 0.1) is 5.69 Å². The Labute approximate surface area is 155 Å². The molecule has 140 valence electrons. The van der Waals surface area contributed by atoms with Crippen LogP contribution in [0.25, 0.3) is 0 Å². The van der Waals surface area contributed by atoms with Crippen LogP contribution < -0.4 is 15.5 Å². The maximum Gasteiger partial charge on any atom is 0.216 e. The van der Waals surface area contributed by atoms with E-state index in [4.69, 9.17) is 4.42 Å². The van der Waals surface area contributed by atoms with Crippen LogP contribution in [0.4, 0.5) is 5.69 Å². The average molecular weight is 355 g/mol. The molecule has 6 heteroatoms. The minimum atomic E-state index is 0.383. The van der Waals surface area contributed by atoms with E-state index < -0.39 is 0 Å². The molecule has 0 amide bonds. The number of para-hydroxylation sites is 1. The molecular weight excluding hydrogens is 326 g/mol. The fraction of sp³-hybridized carbons (Fsp3) is 0.500. The molecule has 1 aliphatic rings. The smallest absolute Gasteiger partial charge is 0.216 e. The van der Waals surface area contributed by atoms with Crippen LogP contribution in [0.5, 0.6) is 0 Å². The summed E-state index contributed by atoms with van der Waals surface area (Å²) in [6.07, 6.45) is 1.12. The first-order chi connectivity index (χ1) is 12.6. The maximum atomic E-state index is 5.61. The number of aryl methyl sites for hydroxylation is 2. The minimum absolute atomic E-state index is 0.383. The number of hydrogen-bond acceptors (Lipinski definition) is 4. The minimum Gasteiger partial charge on any atom is -0.444 e. The van der Waals surface area contributed by atoms with Crippen LogP contribution in [0.15, 0.2) is 33.7 Å². The van der Waals surface area contributed by atoms with E-state index >= 15 is 0 Å². The summed E-state index contributed by atoms with van der Waals surface area (Å²) in [4.78, 5) is 11.5. The van der Waals surface area contributed by atoms with Gasteiger partial charge in [0.1, 0.15) is 12.3 Å². The van der Waals surface area contributed by atoms with Gasteiger partial charge < -0.3 is 20.0 Å². The Bertz CT molecular complexity index is 748. The largest absolute Gasteiger partial charge is 0.444 e. The zero-order valence-electron chi connectivity index (χ0n) is 16.2. The van der Waals surface area contributed by atoms with Gasteiger partial charge in [0.25, 0.3) is 0 Å². The summed E-state index contributed by atoms with van der Waals surface area (Å²) in [7, 11) is 0. The van der Waals surface area contributed by atoms with Crippen molar-refractivity contribution in [2.75, 3.05) is 24.5 Å². The number of benzene rings is 1. The molecule has 2 aromatic rings. The Morgan fingerprint density at radius 3 is 2.85 bits per heavy atom. The molecule has 6 nitrogen and oxygen atoms in total. The van der Waals surface area contributed by atoms with Crippen molar-refractivity contribution >= 4 is 11.6 Å². The molecule has 1 aliphatic heterocycles. The summed E-state index contributed by atoms with van der Waals surface area (Å²) in [6.45, 7) is 11.3. The third-order valence-electron chi connectivity index (χ3n) is 4.81. The average Bonchev–Trinajstić information content (AvgIpc) is 3.20. The lowest BCUT2D eigenvalue weighted by molar-refractivity contribution is 0.472. The number of hydrogen-bond donors (Lipinski definition) is 2. The SMILES string of the molecule is CCNC(=NCc1nc(C)c(C)o1)NCC(C)N1CCc2ccccc21. The molecule has 2 N–H and O–H groups in total. The maximum absolute atomic E-state index is 5.61. The fourth-order valence-electron chi connectivity index (χ4n) is 3.27. The van der Waals surface area contributed by atoms with Crippen LogP contribution >= 0.6 is 0 Å². The van der Waals surface area contributed by atoms with Crippen molar-refractivity contribution in [1.29, 1.82) is 0 Å².